The number of rotatable bonds is 0. The molecule has 0 atom stereocenters. The molecule has 0 aromatic heterocycles. The van der Waals surface area contributed by atoms with Gasteiger partial charge in [0.15, 0.2) is 0 Å². The molecule has 0 saturated carbocycles. The molecule has 0 N–H and O–H groups in total. The summed E-state index contributed by atoms with van der Waals surface area (Å²) in [7, 11) is 0. The second-order valence-electron chi connectivity index (χ2n) is 2.65. The van der Waals surface area contributed by atoms with Gasteiger partial charge in [-0.3, -0.25) is 0 Å². The van der Waals surface area contributed by atoms with Crippen molar-refractivity contribution in [2.75, 3.05) is 11.5 Å². The topological polar surface area (TPSA) is 0 Å². The van der Waals surface area contributed by atoms with Gasteiger partial charge in [-0.2, -0.15) is 0 Å². The van der Waals surface area contributed by atoms with Crippen LogP contribution in [0.5, 0.6) is 0 Å². The lowest BCUT2D eigenvalue weighted by atomic mass is 10.2. The van der Waals surface area contributed by atoms with E-state index >= 15 is 0 Å². The van der Waals surface area contributed by atoms with Crippen LogP contribution >= 0.6 is 23.5 Å². The van der Waals surface area contributed by atoms with Crippen LogP contribution in [-0.4, -0.2) is 11.5 Å². The fraction of sp³-hybridized carbons (Fsp3) is 0.455. The van der Waals surface area contributed by atoms with E-state index in [2.05, 4.69) is 25.1 Å². The van der Waals surface area contributed by atoms with Crippen LogP contribution in [-0.2, 0) is 0 Å². The Kier molecular flexibility index (Phi) is 4.74. The predicted octanol–water partition coefficient (Wildman–Crippen LogP) is 4.22. The van der Waals surface area contributed by atoms with E-state index in [0.717, 1.165) is 0 Å². The van der Waals surface area contributed by atoms with E-state index in [9.17, 15) is 0 Å². The van der Waals surface area contributed by atoms with Crippen LogP contribution in [0.4, 0.5) is 0 Å². The number of thioether (sulfide) groups is 2. The molecule has 1 aliphatic heterocycles. The molecule has 1 heterocycles. The molecular formula is C11H16S2. The van der Waals surface area contributed by atoms with E-state index in [1.54, 1.807) is 0 Å². The number of aryl methyl sites for hydroxylation is 1. The summed E-state index contributed by atoms with van der Waals surface area (Å²) in [6.45, 7) is 6.15. The fourth-order valence-corrected chi connectivity index (χ4v) is 3.46. The van der Waals surface area contributed by atoms with Crippen LogP contribution in [0.1, 0.15) is 19.4 Å². The molecule has 0 unspecified atom stereocenters. The van der Waals surface area contributed by atoms with E-state index in [-0.39, 0.29) is 0 Å². The molecule has 0 spiro atoms. The maximum absolute atomic E-state index is 2.28. The first-order valence-electron chi connectivity index (χ1n) is 4.72. The molecule has 0 saturated heterocycles. The van der Waals surface area contributed by atoms with Gasteiger partial charge < -0.3 is 0 Å². The highest BCUT2D eigenvalue weighted by molar-refractivity contribution is 8.05. The quantitative estimate of drug-likeness (QED) is 0.631. The van der Waals surface area contributed by atoms with Crippen LogP contribution in [0.25, 0.3) is 0 Å². The first-order chi connectivity index (χ1) is 6.36. The average molecular weight is 212 g/mol. The maximum Gasteiger partial charge on any atom is 0.0211 e. The smallest absolute Gasteiger partial charge is 0.0211 e. The minimum absolute atomic E-state index is 1.26. The van der Waals surface area contributed by atoms with Crippen molar-refractivity contribution in [3.8, 4) is 0 Å². The van der Waals surface area contributed by atoms with E-state index in [1.165, 1.54) is 26.9 Å². The SMILES string of the molecule is CC.Cc1ccc2c(c1)SCCS2. The number of hydrogen-bond acceptors (Lipinski definition) is 2. The van der Waals surface area contributed by atoms with Gasteiger partial charge in [-0.1, -0.05) is 19.9 Å². The van der Waals surface area contributed by atoms with Gasteiger partial charge in [0.1, 0.15) is 0 Å². The summed E-state index contributed by atoms with van der Waals surface area (Å²) >= 11 is 3.96. The molecule has 0 bridgehead atoms. The van der Waals surface area contributed by atoms with Crippen LogP contribution in [0.3, 0.4) is 0 Å². The third-order valence-electron chi connectivity index (χ3n) is 1.70. The second-order valence-corrected chi connectivity index (χ2v) is 4.92. The van der Waals surface area contributed by atoms with Crippen molar-refractivity contribution < 1.29 is 0 Å². The maximum atomic E-state index is 2.28. The summed E-state index contributed by atoms with van der Waals surface area (Å²) in [4.78, 5) is 2.94. The van der Waals surface area contributed by atoms with E-state index in [1.807, 2.05) is 37.4 Å². The Balaban J connectivity index is 0.000000396. The Morgan fingerprint density at radius 3 is 2.31 bits per heavy atom. The van der Waals surface area contributed by atoms with Crippen molar-refractivity contribution in [3.05, 3.63) is 23.8 Å². The Morgan fingerprint density at radius 2 is 1.62 bits per heavy atom. The molecule has 0 fully saturated rings. The second kappa shape index (κ2) is 5.61. The fourth-order valence-electron chi connectivity index (χ4n) is 1.15. The van der Waals surface area contributed by atoms with Crippen LogP contribution in [0.2, 0.25) is 0 Å². The van der Waals surface area contributed by atoms with Gasteiger partial charge in [0.25, 0.3) is 0 Å². The molecule has 2 heteroatoms. The van der Waals surface area contributed by atoms with Crippen LogP contribution < -0.4 is 0 Å². The van der Waals surface area contributed by atoms with Gasteiger partial charge in [-0.15, -0.1) is 23.5 Å². The first kappa shape index (κ1) is 11.0. The Hall–Kier alpha value is -0.0800. The molecule has 0 amide bonds. The predicted molar refractivity (Wildman–Crippen MR) is 64.0 cm³/mol. The highest BCUT2D eigenvalue weighted by Gasteiger charge is 2.08. The van der Waals surface area contributed by atoms with E-state index in [0.29, 0.717) is 0 Å². The molecule has 1 aliphatic rings. The zero-order valence-electron chi connectivity index (χ0n) is 8.46. The van der Waals surface area contributed by atoms with Crippen molar-refractivity contribution in [1.29, 1.82) is 0 Å². The van der Waals surface area contributed by atoms with Gasteiger partial charge in [0, 0.05) is 21.3 Å². The van der Waals surface area contributed by atoms with Gasteiger partial charge in [-0.25, -0.2) is 0 Å². The molecule has 0 radical (unpaired) electrons. The molecule has 72 valence electrons. The molecule has 1 aromatic carbocycles. The minimum Gasteiger partial charge on any atom is -0.124 e. The Morgan fingerprint density at radius 1 is 1.00 bits per heavy atom. The standard InChI is InChI=1S/C9H10S2.C2H6/c1-7-2-3-8-9(6-7)11-5-4-10-8;1-2/h2-3,6H,4-5H2,1H3;1-2H3. The third kappa shape index (κ3) is 2.96. The average Bonchev–Trinajstić information content (AvgIpc) is 2.21. The number of benzene rings is 1. The molecule has 2 rings (SSSR count). The van der Waals surface area contributed by atoms with Crippen molar-refractivity contribution in [1.82, 2.24) is 0 Å². The van der Waals surface area contributed by atoms with Crippen molar-refractivity contribution in [3.63, 3.8) is 0 Å². The first-order valence-corrected chi connectivity index (χ1v) is 6.69. The summed E-state index contributed by atoms with van der Waals surface area (Å²) in [6, 6.07) is 6.71. The molecule has 0 aliphatic carbocycles. The van der Waals surface area contributed by atoms with Crippen LogP contribution in [0.15, 0.2) is 28.0 Å². The van der Waals surface area contributed by atoms with Gasteiger partial charge >= 0.3 is 0 Å². The molecule has 1 aromatic rings. The summed E-state index contributed by atoms with van der Waals surface area (Å²) in [5.41, 5.74) is 1.37. The van der Waals surface area contributed by atoms with Crippen molar-refractivity contribution >= 4 is 23.5 Å². The van der Waals surface area contributed by atoms with Crippen molar-refractivity contribution in [2.45, 2.75) is 30.6 Å². The Bertz CT molecular complexity index is 269. The monoisotopic (exact) mass is 212 g/mol. The highest BCUT2D eigenvalue weighted by Crippen LogP contribution is 2.36. The lowest BCUT2D eigenvalue weighted by molar-refractivity contribution is 1.19. The van der Waals surface area contributed by atoms with E-state index < -0.39 is 0 Å². The molecule has 13 heavy (non-hydrogen) atoms. The summed E-state index contributed by atoms with van der Waals surface area (Å²) in [6.07, 6.45) is 0. The summed E-state index contributed by atoms with van der Waals surface area (Å²) < 4.78 is 0. The minimum atomic E-state index is 1.26. The number of fused-ring (bicyclic) bond motifs is 1. The largest absolute Gasteiger partial charge is 0.124 e. The summed E-state index contributed by atoms with van der Waals surface area (Å²) in [5.74, 6) is 2.53. The van der Waals surface area contributed by atoms with Crippen LogP contribution in [0, 0.1) is 6.92 Å². The zero-order chi connectivity index (χ0) is 9.68. The Labute approximate surface area is 89.5 Å². The summed E-state index contributed by atoms with van der Waals surface area (Å²) in [5, 5.41) is 0. The number of hydrogen-bond donors (Lipinski definition) is 0. The normalized spacial score (nSPS) is 14.1. The van der Waals surface area contributed by atoms with Gasteiger partial charge in [0.2, 0.25) is 0 Å². The lowest BCUT2D eigenvalue weighted by Gasteiger charge is -2.14. The van der Waals surface area contributed by atoms with Gasteiger partial charge in [-0.05, 0) is 24.6 Å². The molecule has 0 nitrogen and oxygen atoms in total. The highest BCUT2D eigenvalue weighted by atomic mass is 32.2. The van der Waals surface area contributed by atoms with E-state index in [4.69, 9.17) is 0 Å². The lowest BCUT2D eigenvalue weighted by Crippen LogP contribution is -1.93. The zero-order valence-corrected chi connectivity index (χ0v) is 10.1. The third-order valence-corrected chi connectivity index (χ3v) is 4.22. The van der Waals surface area contributed by atoms with Gasteiger partial charge in [0.05, 0.1) is 0 Å². The molecular weight excluding hydrogens is 196 g/mol. The van der Waals surface area contributed by atoms with Crippen molar-refractivity contribution in [2.24, 2.45) is 0 Å².